The summed E-state index contributed by atoms with van der Waals surface area (Å²) in [6.07, 6.45) is 0.848. The fourth-order valence-corrected chi connectivity index (χ4v) is 1.07. The molecule has 0 bridgehead atoms. The van der Waals surface area contributed by atoms with Gasteiger partial charge >= 0.3 is 0 Å². The first-order chi connectivity index (χ1) is 4.43. The van der Waals surface area contributed by atoms with Crippen LogP contribution in [-0.4, -0.2) is 0 Å². The summed E-state index contributed by atoms with van der Waals surface area (Å²) >= 11 is 0. The second-order valence-corrected chi connectivity index (χ2v) is 2.43. The summed E-state index contributed by atoms with van der Waals surface area (Å²) < 4.78 is 0. The molecule has 0 unspecified atom stereocenters. The summed E-state index contributed by atoms with van der Waals surface area (Å²) in [4.78, 5) is 0. The number of hydrogen-bond acceptors (Lipinski definition) is 1. The van der Waals surface area contributed by atoms with Crippen LogP contribution < -0.4 is 0 Å². The van der Waals surface area contributed by atoms with Gasteiger partial charge in [-0.1, -0.05) is 30.3 Å². The molecule has 0 aliphatic rings. The minimum Gasteiger partial charge on any atom is -0.284 e. The highest BCUT2D eigenvalue weighted by molar-refractivity contribution is 7.24. The van der Waals surface area contributed by atoms with Gasteiger partial charge in [-0.15, -0.1) is 0 Å². The second kappa shape index (κ2) is 3.37. The molecular formula is C7H8NP. The monoisotopic (exact) mass is 137 g/mol. The highest BCUT2D eigenvalue weighted by Gasteiger charge is 1.83. The molecule has 0 aliphatic heterocycles. The van der Waals surface area contributed by atoms with E-state index < -0.39 is 0 Å². The number of hydrogen-bond donors (Lipinski definition) is 1. The van der Waals surface area contributed by atoms with Gasteiger partial charge < -0.3 is 0 Å². The van der Waals surface area contributed by atoms with Crippen LogP contribution in [0.25, 0.3) is 0 Å². The second-order valence-electron chi connectivity index (χ2n) is 1.80. The first kappa shape index (κ1) is 6.44. The van der Waals surface area contributed by atoms with E-state index in [0.29, 0.717) is 8.37 Å². The highest BCUT2D eigenvalue weighted by Crippen LogP contribution is 2.07. The molecular weight excluding hydrogens is 129 g/mol. The van der Waals surface area contributed by atoms with Gasteiger partial charge in [0.15, 0.2) is 0 Å². The first-order valence-corrected chi connectivity index (χ1v) is 3.88. The van der Waals surface area contributed by atoms with Crippen LogP contribution in [0.2, 0.25) is 0 Å². The minimum atomic E-state index is 0.695. The van der Waals surface area contributed by atoms with Crippen molar-refractivity contribution in [3.63, 3.8) is 0 Å². The smallest absolute Gasteiger partial charge is 0.0317 e. The van der Waals surface area contributed by atoms with Gasteiger partial charge in [-0.05, 0) is 5.56 Å². The van der Waals surface area contributed by atoms with E-state index in [4.69, 9.17) is 5.16 Å². The Labute approximate surface area is 56.4 Å². The zero-order valence-electron chi connectivity index (χ0n) is 5.04. The van der Waals surface area contributed by atoms with Crippen molar-refractivity contribution in [3.05, 3.63) is 35.9 Å². The van der Waals surface area contributed by atoms with Crippen LogP contribution in [0.4, 0.5) is 0 Å². The Hall–Kier alpha value is -0.680. The van der Waals surface area contributed by atoms with Gasteiger partial charge in [0.2, 0.25) is 0 Å². The summed E-state index contributed by atoms with van der Waals surface area (Å²) in [6, 6.07) is 10.1. The fraction of sp³-hybridized carbons (Fsp3) is 0.143. The number of benzene rings is 1. The summed E-state index contributed by atoms with van der Waals surface area (Å²) in [5, 5.41) is 6.91. The average Bonchev–Trinajstić information content (AvgIpc) is 1.91. The summed E-state index contributed by atoms with van der Waals surface area (Å²) in [7, 11) is 0.695. The molecule has 0 spiro atoms. The predicted molar refractivity (Wildman–Crippen MR) is 39.8 cm³/mol. The summed E-state index contributed by atoms with van der Waals surface area (Å²) in [5.74, 6) is 0. The zero-order chi connectivity index (χ0) is 6.53. The van der Waals surface area contributed by atoms with Crippen LogP contribution in [0, 0.1) is 5.16 Å². The minimum absolute atomic E-state index is 0.695. The Bertz CT molecular complexity index is 183. The van der Waals surface area contributed by atoms with E-state index in [0.717, 1.165) is 6.16 Å². The molecule has 1 rings (SSSR count). The Balaban J connectivity index is 2.72. The number of nitrogens with one attached hydrogen (secondary N) is 1. The van der Waals surface area contributed by atoms with E-state index in [1.807, 2.05) is 30.3 Å². The van der Waals surface area contributed by atoms with E-state index in [2.05, 4.69) is 0 Å². The third-order valence-electron chi connectivity index (χ3n) is 1.10. The third kappa shape index (κ3) is 1.95. The van der Waals surface area contributed by atoms with Crippen molar-refractivity contribution >= 4 is 8.37 Å². The van der Waals surface area contributed by atoms with E-state index in [1.54, 1.807) is 0 Å². The highest BCUT2D eigenvalue weighted by atomic mass is 31.1. The lowest BCUT2D eigenvalue weighted by atomic mass is 10.2. The SMILES string of the molecule is N=PCc1ccccc1. The van der Waals surface area contributed by atoms with Crippen LogP contribution in [0.1, 0.15) is 5.56 Å². The van der Waals surface area contributed by atoms with Crippen molar-refractivity contribution in [1.82, 2.24) is 0 Å². The molecule has 2 heteroatoms. The van der Waals surface area contributed by atoms with Gasteiger partial charge in [-0.25, -0.2) is 0 Å². The summed E-state index contributed by atoms with van der Waals surface area (Å²) in [5.41, 5.74) is 1.24. The normalized spacial score (nSPS) is 9.78. The molecule has 0 atom stereocenters. The van der Waals surface area contributed by atoms with Gasteiger partial charge in [0, 0.05) is 14.5 Å². The number of rotatable bonds is 2. The fourth-order valence-electron chi connectivity index (χ4n) is 0.675. The molecule has 1 aromatic rings. The van der Waals surface area contributed by atoms with Crippen LogP contribution in [-0.2, 0) is 6.16 Å². The maximum Gasteiger partial charge on any atom is 0.0317 e. The average molecular weight is 137 g/mol. The van der Waals surface area contributed by atoms with Crippen molar-refractivity contribution in [2.75, 3.05) is 0 Å². The molecule has 1 aromatic carbocycles. The lowest BCUT2D eigenvalue weighted by molar-refractivity contribution is 1.40. The Morgan fingerprint density at radius 1 is 1.22 bits per heavy atom. The first-order valence-electron chi connectivity index (χ1n) is 2.80. The summed E-state index contributed by atoms with van der Waals surface area (Å²) in [6.45, 7) is 0. The van der Waals surface area contributed by atoms with Crippen LogP contribution >= 0.6 is 8.37 Å². The Morgan fingerprint density at radius 3 is 2.44 bits per heavy atom. The molecule has 0 radical (unpaired) electrons. The van der Waals surface area contributed by atoms with Crippen molar-refractivity contribution in [2.45, 2.75) is 6.16 Å². The molecule has 46 valence electrons. The molecule has 0 saturated carbocycles. The van der Waals surface area contributed by atoms with Gasteiger partial charge in [0.25, 0.3) is 0 Å². The zero-order valence-corrected chi connectivity index (χ0v) is 5.94. The van der Waals surface area contributed by atoms with Crippen molar-refractivity contribution in [3.8, 4) is 0 Å². The van der Waals surface area contributed by atoms with Crippen LogP contribution in [0.5, 0.6) is 0 Å². The third-order valence-corrected chi connectivity index (χ3v) is 1.63. The molecule has 9 heavy (non-hydrogen) atoms. The maximum atomic E-state index is 6.91. The molecule has 0 aromatic heterocycles. The van der Waals surface area contributed by atoms with Crippen LogP contribution in [0.3, 0.4) is 0 Å². The van der Waals surface area contributed by atoms with E-state index in [-0.39, 0.29) is 0 Å². The molecule has 0 aliphatic carbocycles. The van der Waals surface area contributed by atoms with Crippen molar-refractivity contribution in [1.29, 1.82) is 5.16 Å². The van der Waals surface area contributed by atoms with Crippen molar-refractivity contribution in [2.24, 2.45) is 0 Å². The lowest BCUT2D eigenvalue weighted by Gasteiger charge is -1.89. The predicted octanol–water partition coefficient (Wildman–Crippen LogP) is 2.90. The Morgan fingerprint density at radius 2 is 1.89 bits per heavy atom. The molecule has 0 heterocycles. The van der Waals surface area contributed by atoms with Gasteiger partial charge in [-0.3, -0.25) is 5.16 Å². The quantitative estimate of drug-likeness (QED) is 0.606. The van der Waals surface area contributed by atoms with Crippen molar-refractivity contribution < 1.29 is 0 Å². The largest absolute Gasteiger partial charge is 0.284 e. The van der Waals surface area contributed by atoms with E-state index in [9.17, 15) is 0 Å². The topological polar surface area (TPSA) is 23.9 Å². The maximum absolute atomic E-state index is 6.91. The standard InChI is InChI=1S/C7H8NP/c8-9-6-7-4-2-1-3-5-7/h1-5,8H,6H2. The molecule has 1 nitrogen and oxygen atoms in total. The lowest BCUT2D eigenvalue weighted by Crippen LogP contribution is -1.71. The molecule has 0 fully saturated rings. The van der Waals surface area contributed by atoms with Gasteiger partial charge in [0.1, 0.15) is 0 Å². The van der Waals surface area contributed by atoms with Gasteiger partial charge in [0.05, 0.1) is 0 Å². The molecule has 1 N–H and O–H groups in total. The Kier molecular flexibility index (Phi) is 2.41. The molecule has 0 amide bonds. The molecule has 0 saturated heterocycles. The van der Waals surface area contributed by atoms with Gasteiger partial charge in [-0.2, -0.15) is 0 Å². The van der Waals surface area contributed by atoms with E-state index in [1.165, 1.54) is 5.56 Å². The van der Waals surface area contributed by atoms with Crippen LogP contribution in [0.15, 0.2) is 30.3 Å². The van der Waals surface area contributed by atoms with E-state index >= 15 is 0 Å².